The van der Waals surface area contributed by atoms with Crippen LogP contribution in [-0.4, -0.2) is 19.9 Å². The van der Waals surface area contributed by atoms with E-state index in [0.29, 0.717) is 17.9 Å². The zero-order valence-electron chi connectivity index (χ0n) is 10.0. The molecular formula is C9H15N3O4S2. The van der Waals surface area contributed by atoms with Crippen LogP contribution in [0.1, 0.15) is 20.3 Å². The van der Waals surface area contributed by atoms with Crippen molar-refractivity contribution in [2.24, 2.45) is 5.92 Å². The van der Waals surface area contributed by atoms with Gasteiger partial charge in [-0.05, 0) is 5.92 Å². The van der Waals surface area contributed by atoms with Gasteiger partial charge >= 0.3 is 5.69 Å². The minimum Gasteiger partial charge on any atom is -0.385 e. The van der Waals surface area contributed by atoms with Crippen LogP contribution in [0.2, 0.25) is 0 Å². The molecule has 1 heterocycles. The zero-order chi connectivity index (χ0) is 13.9. The topological polar surface area (TPSA) is 115 Å². The van der Waals surface area contributed by atoms with Crippen molar-refractivity contribution in [2.75, 3.05) is 12.3 Å². The summed E-state index contributed by atoms with van der Waals surface area (Å²) in [7, 11) is -3.72. The van der Waals surface area contributed by atoms with E-state index in [0.717, 1.165) is 12.5 Å². The van der Waals surface area contributed by atoms with Gasteiger partial charge in [0.05, 0.1) is 4.92 Å². The molecule has 0 radical (unpaired) electrons. The molecule has 1 rings (SSSR count). The van der Waals surface area contributed by atoms with Gasteiger partial charge in [0.15, 0.2) is 5.00 Å². The summed E-state index contributed by atoms with van der Waals surface area (Å²) < 4.78 is 26.0. The zero-order valence-corrected chi connectivity index (χ0v) is 11.7. The Morgan fingerprint density at radius 2 is 2.22 bits per heavy atom. The van der Waals surface area contributed by atoms with Gasteiger partial charge in [-0.1, -0.05) is 31.6 Å². The maximum atomic E-state index is 11.9. The maximum Gasteiger partial charge on any atom is 0.304 e. The Morgan fingerprint density at radius 3 is 2.67 bits per heavy atom. The van der Waals surface area contributed by atoms with E-state index in [1.165, 1.54) is 0 Å². The molecule has 1 atom stereocenters. The molecule has 0 spiro atoms. The third kappa shape index (κ3) is 3.40. The van der Waals surface area contributed by atoms with Crippen molar-refractivity contribution < 1.29 is 13.3 Å². The van der Waals surface area contributed by atoms with Crippen molar-refractivity contribution in [3.05, 3.63) is 16.2 Å². The van der Waals surface area contributed by atoms with Crippen LogP contribution >= 0.6 is 11.3 Å². The van der Waals surface area contributed by atoms with Gasteiger partial charge in [-0.15, -0.1) is 0 Å². The van der Waals surface area contributed by atoms with Crippen LogP contribution in [0.4, 0.5) is 10.7 Å². The number of anilines is 1. The van der Waals surface area contributed by atoms with E-state index in [-0.39, 0.29) is 20.8 Å². The van der Waals surface area contributed by atoms with Crippen molar-refractivity contribution in [1.29, 1.82) is 0 Å². The first kappa shape index (κ1) is 14.9. The fourth-order valence-electron chi connectivity index (χ4n) is 1.12. The third-order valence-electron chi connectivity index (χ3n) is 2.50. The molecule has 0 amide bonds. The number of thiophene rings is 1. The van der Waals surface area contributed by atoms with Crippen LogP contribution in [0.15, 0.2) is 10.3 Å². The second kappa shape index (κ2) is 5.63. The summed E-state index contributed by atoms with van der Waals surface area (Å²) in [6.07, 6.45) is 0.843. The molecule has 9 heteroatoms. The molecule has 0 saturated carbocycles. The van der Waals surface area contributed by atoms with E-state index in [1.54, 1.807) is 0 Å². The standard InChI is InChI=1S/C9H15N3O4S2/c1-3-6(2)5-11-18(15,16)8-4-7(12(13)14)9(10)17-8/h4,6,11H,3,5,10H2,1-2H3. The molecule has 0 aromatic carbocycles. The number of rotatable bonds is 6. The van der Waals surface area contributed by atoms with Crippen LogP contribution in [0.25, 0.3) is 0 Å². The fourth-order valence-corrected chi connectivity index (χ4v) is 3.54. The Bertz CT molecular complexity index is 538. The molecule has 0 aliphatic carbocycles. The van der Waals surface area contributed by atoms with Crippen molar-refractivity contribution >= 4 is 32.0 Å². The molecule has 1 aromatic heterocycles. The van der Waals surface area contributed by atoms with E-state index in [1.807, 2.05) is 13.8 Å². The second-order valence-electron chi connectivity index (χ2n) is 3.94. The first-order chi connectivity index (χ1) is 8.27. The Kier molecular flexibility index (Phi) is 4.65. The van der Waals surface area contributed by atoms with E-state index in [2.05, 4.69) is 4.72 Å². The maximum absolute atomic E-state index is 11.9. The van der Waals surface area contributed by atoms with E-state index >= 15 is 0 Å². The van der Waals surface area contributed by atoms with Crippen LogP contribution in [0.5, 0.6) is 0 Å². The fraction of sp³-hybridized carbons (Fsp3) is 0.556. The van der Waals surface area contributed by atoms with Gasteiger partial charge in [0.2, 0.25) is 10.0 Å². The summed E-state index contributed by atoms with van der Waals surface area (Å²) in [5.41, 5.74) is 5.03. The molecule has 3 N–H and O–H groups in total. The lowest BCUT2D eigenvalue weighted by molar-refractivity contribution is -0.383. The lowest BCUT2D eigenvalue weighted by Gasteiger charge is -2.09. The molecule has 0 aliphatic rings. The Hall–Kier alpha value is -1.19. The van der Waals surface area contributed by atoms with Crippen molar-refractivity contribution in [3.63, 3.8) is 0 Å². The number of nitro groups is 1. The Morgan fingerprint density at radius 1 is 1.61 bits per heavy atom. The average molecular weight is 293 g/mol. The number of hydrogen-bond acceptors (Lipinski definition) is 6. The van der Waals surface area contributed by atoms with Gasteiger partial charge in [0, 0.05) is 12.6 Å². The van der Waals surface area contributed by atoms with Crippen LogP contribution in [0.3, 0.4) is 0 Å². The smallest absolute Gasteiger partial charge is 0.304 e. The highest BCUT2D eigenvalue weighted by Crippen LogP contribution is 2.34. The van der Waals surface area contributed by atoms with Gasteiger partial charge in [0.25, 0.3) is 0 Å². The summed E-state index contributed by atoms with van der Waals surface area (Å²) in [5.74, 6) is 0.201. The molecule has 7 nitrogen and oxygen atoms in total. The largest absolute Gasteiger partial charge is 0.385 e. The summed E-state index contributed by atoms with van der Waals surface area (Å²) in [6, 6.07) is 0.985. The van der Waals surface area contributed by atoms with Gasteiger partial charge < -0.3 is 5.73 Å². The third-order valence-corrected chi connectivity index (χ3v) is 5.35. The highest BCUT2D eigenvalue weighted by Gasteiger charge is 2.24. The Balaban J connectivity index is 2.92. The molecule has 1 unspecified atom stereocenters. The lowest BCUT2D eigenvalue weighted by atomic mass is 10.1. The van der Waals surface area contributed by atoms with E-state index in [9.17, 15) is 18.5 Å². The molecule has 0 bridgehead atoms. The van der Waals surface area contributed by atoms with Gasteiger partial charge in [0.1, 0.15) is 4.21 Å². The van der Waals surface area contributed by atoms with Gasteiger partial charge in [-0.2, -0.15) is 0 Å². The minimum atomic E-state index is -3.72. The van der Waals surface area contributed by atoms with E-state index in [4.69, 9.17) is 5.73 Å². The van der Waals surface area contributed by atoms with E-state index < -0.39 is 14.9 Å². The van der Waals surface area contributed by atoms with Crippen LogP contribution in [0, 0.1) is 16.0 Å². The summed E-state index contributed by atoms with van der Waals surface area (Å²) in [6.45, 7) is 4.16. The number of nitrogens with zero attached hydrogens (tertiary/aromatic N) is 1. The van der Waals surface area contributed by atoms with Crippen LogP contribution < -0.4 is 10.5 Å². The molecule has 0 aliphatic heterocycles. The molecular weight excluding hydrogens is 278 g/mol. The quantitative estimate of drug-likeness (QED) is 0.610. The highest BCUT2D eigenvalue weighted by molar-refractivity contribution is 7.91. The molecule has 1 aromatic rings. The SMILES string of the molecule is CCC(C)CNS(=O)(=O)c1cc([N+](=O)[O-])c(N)s1. The Labute approximate surface area is 109 Å². The normalized spacial score (nSPS) is 13.4. The second-order valence-corrected chi connectivity index (χ2v) is 7.01. The predicted octanol–water partition coefficient (Wildman–Crippen LogP) is 1.56. The number of sulfonamides is 1. The number of nitrogen functional groups attached to an aromatic ring is 1. The number of nitrogens with two attached hydrogens (primary N) is 1. The lowest BCUT2D eigenvalue weighted by Crippen LogP contribution is -2.27. The number of nitrogens with one attached hydrogen (secondary N) is 1. The first-order valence-corrected chi connectivity index (χ1v) is 7.61. The van der Waals surface area contributed by atoms with Gasteiger partial charge in [-0.3, -0.25) is 10.1 Å². The van der Waals surface area contributed by atoms with Crippen molar-refractivity contribution in [3.8, 4) is 0 Å². The molecule has 18 heavy (non-hydrogen) atoms. The van der Waals surface area contributed by atoms with Gasteiger partial charge in [-0.25, -0.2) is 13.1 Å². The first-order valence-electron chi connectivity index (χ1n) is 5.31. The molecule has 102 valence electrons. The predicted molar refractivity (Wildman–Crippen MR) is 70.0 cm³/mol. The average Bonchev–Trinajstić information content (AvgIpc) is 2.69. The highest BCUT2D eigenvalue weighted by atomic mass is 32.2. The number of hydrogen-bond donors (Lipinski definition) is 2. The summed E-state index contributed by atoms with van der Waals surface area (Å²) >= 11 is 0.695. The monoisotopic (exact) mass is 293 g/mol. The summed E-state index contributed by atoms with van der Waals surface area (Å²) in [5, 5.41) is 10.5. The minimum absolute atomic E-state index is 0.107. The molecule has 0 fully saturated rings. The van der Waals surface area contributed by atoms with Crippen molar-refractivity contribution in [1.82, 2.24) is 4.72 Å². The van der Waals surface area contributed by atoms with Crippen LogP contribution in [-0.2, 0) is 10.0 Å². The molecule has 0 saturated heterocycles. The summed E-state index contributed by atoms with van der Waals surface area (Å²) in [4.78, 5) is 9.90. The van der Waals surface area contributed by atoms with Crippen molar-refractivity contribution in [2.45, 2.75) is 24.5 Å².